The number of carbonyl (C=O) groups is 1. The van der Waals surface area contributed by atoms with Gasteiger partial charge >= 0.3 is 12.1 Å². The third-order valence-corrected chi connectivity index (χ3v) is 2.85. The van der Waals surface area contributed by atoms with Gasteiger partial charge in [0.05, 0.1) is 6.54 Å². The van der Waals surface area contributed by atoms with Crippen molar-refractivity contribution in [2.75, 3.05) is 19.6 Å². The largest absolute Gasteiger partial charge is 0.480 e. The van der Waals surface area contributed by atoms with Gasteiger partial charge < -0.3 is 10.4 Å². The van der Waals surface area contributed by atoms with Crippen LogP contribution in [0.4, 0.5) is 13.2 Å². The zero-order valence-electron chi connectivity index (χ0n) is 9.63. The molecule has 4 nitrogen and oxygen atoms in total. The standard InChI is InChI=1S/C10H17F3N2O2/c1-7(9(16)17)14-8-2-4-15(5-3-8)6-10(11,12)13/h7-8,14H,2-6H2,1H3,(H,16,17). The predicted molar refractivity (Wildman–Crippen MR) is 55.8 cm³/mol. The molecule has 0 saturated carbocycles. The van der Waals surface area contributed by atoms with Crippen LogP contribution >= 0.6 is 0 Å². The van der Waals surface area contributed by atoms with Gasteiger partial charge in [-0.2, -0.15) is 13.2 Å². The van der Waals surface area contributed by atoms with E-state index in [2.05, 4.69) is 5.32 Å². The van der Waals surface area contributed by atoms with Crippen LogP contribution in [0.2, 0.25) is 0 Å². The summed E-state index contributed by atoms with van der Waals surface area (Å²) in [4.78, 5) is 12.0. The van der Waals surface area contributed by atoms with Crippen molar-refractivity contribution in [1.82, 2.24) is 10.2 Å². The van der Waals surface area contributed by atoms with Crippen molar-refractivity contribution in [1.29, 1.82) is 0 Å². The average molecular weight is 254 g/mol. The number of aliphatic carboxylic acids is 1. The van der Waals surface area contributed by atoms with Gasteiger partial charge in [-0.25, -0.2) is 0 Å². The fraction of sp³-hybridized carbons (Fsp3) is 0.900. The molecule has 0 amide bonds. The lowest BCUT2D eigenvalue weighted by molar-refractivity contribution is -0.148. The van der Waals surface area contributed by atoms with Crippen LogP contribution < -0.4 is 5.32 Å². The summed E-state index contributed by atoms with van der Waals surface area (Å²) in [6, 6.07) is -0.667. The average Bonchev–Trinajstić information content (AvgIpc) is 2.18. The summed E-state index contributed by atoms with van der Waals surface area (Å²) < 4.78 is 36.4. The molecule has 0 bridgehead atoms. The van der Waals surface area contributed by atoms with Crippen molar-refractivity contribution in [3.05, 3.63) is 0 Å². The number of halogens is 3. The molecule has 1 unspecified atom stereocenters. The van der Waals surface area contributed by atoms with Crippen LogP contribution in [0.3, 0.4) is 0 Å². The molecule has 17 heavy (non-hydrogen) atoms. The Morgan fingerprint density at radius 2 is 2.00 bits per heavy atom. The second-order valence-electron chi connectivity index (χ2n) is 4.39. The maximum Gasteiger partial charge on any atom is 0.401 e. The van der Waals surface area contributed by atoms with E-state index in [0.717, 1.165) is 0 Å². The second kappa shape index (κ2) is 5.68. The van der Waals surface area contributed by atoms with E-state index < -0.39 is 24.7 Å². The van der Waals surface area contributed by atoms with Gasteiger partial charge in [-0.05, 0) is 32.9 Å². The summed E-state index contributed by atoms with van der Waals surface area (Å²) in [7, 11) is 0. The van der Waals surface area contributed by atoms with Gasteiger partial charge in [0.25, 0.3) is 0 Å². The van der Waals surface area contributed by atoms with Gasteiger partial charge in [0.1, 0.15) is 6.04 Å². The lowest BCUT2D eigenvalue weighted by atomic mass is 10.0. The van der Waals surface area contributed by atoms with Crippen molar-refractivity contribution < 1.29 is 23.1 Å². The van der Waals surface area contributed by atoms with E-state index in [-0.39, 0.29) is 6.04 Å². The number of hydrogen-bond donors (Lipinski definition) is 2. The zero-order valence-corrected chi connectivity index (χ0v) is 9.63. The summed E-state index contributed by atoms with van der Waals surface area (Å²) in [5.74, 6) is -0.942. The molecule has 1 atom stereocenters. The summed E-state index contributed by atoms with van der Waals surface area (Å²) in [6.07, 6.45) is -3.06. The lowest BCUT2D eigenvalue weighted by Gasteiger charge is -2.33. The van der Waals surface area contributed by atoms with Crippen molar-refractivity contribution in [3.63, 3.8) is 0 Å². The number of hydrogen-bond acceptors (Lipinski definition) is 3. The van der Waals surface area contributed by atoms with Crippen LogP contribution in [0, 0.1) is 0 Å². The molecule has 0 radical (unpaired) electrons. The number of nitrogens with zero attached hydrogens (tertiary/aromatic N) is 1. The molecule has 1 aliphatic rings. The molecule has 1 fully saturated rings. The molecule has 0 aliphatic carbocycles. The Morgan fingerprint density at radius 3 is 2.41 bits per heavy atom. The first-order valence-electron chi connectivity index (χ1n) is 5.56. The van der Waals surface area contributed by atoms with E-state index in [9.17, 15) is 18.0 Å². The summed E-state index contributed by atoms with van der Waals surface area (Å²) in [6.45, 7) is 1.35. The van der Waals surface area contributed by atoms with Crippen molar-refractivity contribution >= 4 is 5.97 Å². The minimum atomic E-state index is -4.16. The zero-order chi connectivity index (χ0) is 13.1. The highest BCUT2D eigenvalue weighted by Crippen LogP contribution is 2.19. The number of carboxylic acids is 1. The first-order chi connectivity index (χ1) is 7.78. The molecule has 1 rings (SSSR count). The van der Waals surface area contributed by atoms with Gasteiger partial charge in [-0.1, -0.05) is 0 Å². The lowest BCUT2D eigenvalue weighted by Crippen LogP contribution is -2.49. The van der Waals surface area contributed by atoms with Gasteiger partial charge in [-0.15, -0.1) is 0 Å². The molecule has 1 saturated heterocycles. The van der Waals surface area contributed by atoms with Crippen LogP contribution in [-0.4, -0.2) is 53.9 Å². The predicted octanol–water partition coefficient (Wildman–Crippen LogP) is 1.08. The minimum absolute atomic E-state index is 0.00872. The molecule has 0 aromatic rings. The van der Waals surface area contributed by atoms with E-state index >= 15 is 0 Å². The molecular formula is C10H17F3N2O2. The highest BCUT2D eigenvalue weighted by molar-refractivity contribution is 5.72. The highest BCUT2D eigenvalue weighted by Gasteiger charge is 2.32. The molecule has 7 heteroatoms. The van der Waals surface area contributed by atoms with Gasteiger partial charge in [0.2, 0.25) is 0 Å². The summed E-state index contributed by atoms with van der Waals surface area (Å²) in [5, 5.41) is 11.6. The Kier molecular flexibility index (Phi) is 4.76. The molecule has 1 aliphatic heterocycles. The Bertz CT molecular complexity index is 263. The molecule has 1 heterocycles. The van der Waals surface area contributed by atoms with Gasteiger partial charge in [0.15, 0.2) is 0 Å². The van der Waals surface area contributed by atoms with E-state index in [0.29, 0.717) is 25.9 Å². The highest BCUT2D eigenvalue weighted by atomic mass is 19.4. The third kappa shape index (κ3) is 5.36. The molecule has 0 aromatic carbocycles. The smallest absolute Gasteiger partial charge is 0.401 e. The van der Waals surface area contributed by atoms with Crippen LogP contribution in [0.5, 0.6) is 0 Å². The maximum absolute atomic E-state index is 12.1. The first kappa shape index (κ1) is 14.2. The normalized spacial score (nSPS) is 21.4. The van der Waals surface area contributed by atoms with Gasteiger partial charge in [-0.3, -0.25) is 9.69 Å². The van der Waals surface area contributed by atoms with E-state index in [4.69, 9.17) is 5.11 Å². The Hall–Kier alpha value is -0.820. The van der Waals surface area contributed by atoms with Crippen LogP contribution in [0.15, 0.2) is 0 Å². The van der Waals surface area contributed by atoms with Crippen molar-refractivity contribution in [3.8, 4) is 0 Å². The summed E-state index contributed by atoms with van der Waals surface area (Å²) in [5.41, 5.74) is 0. The van der Waals surface area contributed by atoms with Crippen molar-refractivity contribution in [2.45, 2.75) is 38.0 Å². The number of rotatable bonds is 4. The van der Waals surface area contributed by atoms with E-state index in [1.165, 1.54) is 11.8 Å². The van der Waals surface area contributed by atoms with Crippen LogP contribution in [0.25, 0.3) is 0 Å². The number of piperidine rings is 1. The summed E-state index contributed by atoms with van der Waals surface area (Å²) >= 11 is 0. The first-order valence-corrected chi connectivity index (χ1v) is 5.56. The van der Waals surface area contributed by atoms with Crippen LogP contribution in [-0.2, 0) is 4.79 Å². The number of nitrogens with one attached hydrogen (secondary N) is 1. The fourth-order valence-corrected chi connectivity index (χ4v) is 1.94. The Labute approximate surface area is 97.8 Å². The van der Waals surface area contributed by atoms with E-state index in [1.54, 1.807) is 0 Å². The fourth-order valence-electron chi connectivity index (χ4n) is 1.94. The van der Waals surface area contributed by atoms with E-state index in [1.807, 2.05) is 0 Å². The molecule has 100 valence electrons. The Balaban J connectivity index is 2.29. The number of alkyl halides is 3. The topological polar surface area (TPSA) is 52.6 Å². The van der Waals surface area contributed by atoms with Gasteiger partial charge in [0, 0.05) is 6.04 Å². The monoisotopic (exact) mass is 254 g/mol. The number of carboxylic acid groups (broad SMARTS) is 1. The minimum Gasteiger partial charge on any atom is -0.480 e. The number of likely N-dealkylation sites (tertiary alicyclic amines) is 1. The third-order valence-electron chi connectivity index (χ3n) is 2.85. The molecule has 0 spiro atoms. The SMILES string of the molecule is CC(NC1CCN(CC(F)(F)F)CC1)C(=O)O. The quantitative estimate of drug-likeness (QED) is 0.788. The van der Waals surface area contributed by atoms with Crippen LogP contribution in [0.1, 0.15) is 19.8 Å². The second-order valence-corrected chi connectivity index (χ2v) is 4.39. The Morgan fingerprint density at radius 1 is 1.47 bits per heavy atom. The molecular weight excluding hydrogens is 237 g/mol. The maximum atomic E-state index is 12.1. The molecule has 2 N–H and O–H groups in total. The van der Waals surface area contributed by atoms with Crippen molar-refractivity contribution in [2.24, 2.45) is 0 Å². The molecule has 0 aromatic heterocycles.